The first-order chi connectivity index (χ1) is 12.7. The molecular weight excluding hydrogens is 350 g/mol. The van der Waals surface area contributed by atoms with Crippen LogP contribution in [0.1, 0.15) is 51.9 Å². The van der Waals surface area contributed by atoms with Crippen molar-refractivity contribution in [1.29, 1.82) is 0 Å². The van der Waals surface area contributed by atoms with Gasteiger partial charge in [0.2, 0.25) is 0 Å². The molecule has 0 aliphatic carbocycles. The van der Waals surface area contributed by atoms with Gasteiger partial charge in [0.15, 0.2) is 0 Å². The van der Waals surface area contributed by atoms with E-state index in [-0.39, 0.29) is 11.8 Å². The van der Waals surface area contributed by atoms with Crippen LogP contribution in [0.5, 0.6) is 0 Å². The van der Waals surface area contributed by atoms with Gasteiger partial charge in [0.25, 0.3) is 11.8 Å². The zero-order valence-corrected chi connectivity index (χ0v) is 15.7. The molecule has 0 bridgehead atoms. The quantitative estimate of drug-likeness (QED) is 0.838. The molecule has 1 aliphatic heterocycles. The monoisotopic (exact) mass is 373 g/mol. The number of nitrogens with zero attached hydrogens (tertiary/aromatic N) is 4. The first-order valence-electron chi connectivity index (χ1n) is 8.97. The van der Waals surface area contributed by atoms with E-state index < -0.39 is 0 Å². The summed E-state index contributed by atoms with van der Waals surface area (Å²) in [5, 5.41) is 7.05. The number of amides is 2. The number of hydrogen-bond donors (Lipinski definition) is 1. The van der Waals surface area contributed by atoms with E-state index >= 15 is 0 Å². The van der Waals surface area contributed by atoms with E-state index in [0.29, 0.717) is 36.0 Å². The van der Waals surface area contributed by atoms with E-state index in [1.807, 2.05) is 4.90 Å². The van der Waals surface area contributed by atoms with Crippen molar-refractivity contribution in [3.05, 3.63) is 40.7 Å². The van der Waals surface area contributed by atoms with E-state index in [2.05, 4.69) is 26.8 Å². The van der Waals surface area contributed by atoms with Crippen molar-refractivity contribution in [3.63, 3.8) is 0 Å². The fourth-order valence-corrected chi connectivity index (χ4v) is 3.74. The van der Waals surface area contributed by atoms with Gasteiger partial charge < -0.3 is 10.2 Å². The van der Waals surface area contributed by atoms with Crippen LogP contribution in [0.2, 0.25) is 0 Å². The molecule has 3 heterocycles. The fraction of sp³-hybridized carbons (Fsp3) is 0.500. The van der Waals surface area contributed by atoms with Crippen LogP contribution in [0.4, 0.5) is 0 Å². The van der Waals surface area contributed by atoms with Gasteiger partial charge in [0, 0.05) is 32.0 Å². The molecule has 138 valence electrons. The third kappa shape index (κ3) is 4.43. The number of carbonyl (C=O) groups is 2. The summed E-state index contributed by atoms with van der Waals surface area (Å²) in [5.74, 6) is 0.324. The zero-order valence-electron chi connectivity index (χ0n) is 14.9. The van der Waals surface area contributed by atoms with Gasteiger partial charge in [-0.1, -0.05) is 17.8 Å². The van der Waals surface area contributed by atoms with Gasteiger partial charge in [0.05, 0.1) is 11.3 Å². The molecule has 2 aromatic rings. The molecule has 3 rings (SSSR count). The van der Waals surface area contributed by atoms with Gasteiger partial charge in [-0.15, -0.1) is 5.10 Å². The van der Waals surface area contributed by atoms with Crippen LogP contribution >= 0.6 is 11.5 Å². The highest BCUT2D eigenvalue weighted by Crippen LogP contribution is 2.19. The van der Waals surface area contributed by atoms with Gasteiger partial charge in [-0.3, -0.25) is 14.6 Å². The molecule has 0 spiro atoms. The Hall–Kier alpha value is -2.35. The number of pyridine rings is 1. The minimum absolute atomic E-state index is 0.0283. The number of rotatable bonds is 6. The Morgan fingerprint density at radius 1 is 1.35 bits per heavy atom. The van der Waals surface area contributed by atoms with Gasteiger partial charge in [-0.2, -0.15) is 0 Å². The molecule has 8 heteroatoms. The maximum atomic E-state index is 12.4. The summed E-state index contributed by atoms with van der Waals surface area (Å²) < 4.78 is 3.90. The van der Waals surface area contributed by atoms with Crippen LogP contribution in [-0.2, 0) is 6.42 Å². The zero-order chi connectivity index (χ0) is 18.4. The number of likely N-dealkylation sites (tertiary alicyclic amines) is 1. The Morgan fingerprint density at radius 3 is 2.85 bits per heavy atom. The molecule has 26 heavy (non-hydrogen) atoms. The van der Waals surface area contributed by atoms with Crippen molar-refractivity contribution >= 4 is 23.3 Å². The number of hydrogen-bond acceptors (Lipinski definition) is 6. The van der Waals surface area contributed by atoms with Crippen LogP contribution in [0.25, 0.3) is 0 Å². The van der Waals surface area contributed by atoms with Crippen molar-refractivity contribution in [2.75, 3.05) is 19.6 Å². The Balaban J connectivity index is 1.46. The summed E-state index contributed by atoms with van der Waals surface area (Å²) in [6, 6.07) is 3.56. The highest BCUT2D eigenvalue weighted by atomic mass is 32.1. The molecule has 2 amide bonds. The average Bonchev–Trinajstić information content (AvgIpc) is 3.15. The third-order valence-electron chi connectivity index (χ3n) is 4.61. The minimum Gasteiger partial charge on any atom is -0.351 e. The topological polar surface area (TPSA) is 88.1 Å². The fourth-order valence-electron chi connectivity index (χ4n) is 3.11. The summed E-state index contributed by atoms with van der Waals surface area (Å²) in [6.07, 6.45) is 6.75. The number of aromatic nitrogens is 3. The van der Waals surface area contributed by atoms with Crippen molar-refractivity contribution in [2.45, 2.75) is 32.6 Å². The molecule has 1 saturated heterocycles. The highest BCUT2D eigenvalue weighted by Gasteiger charge is 2.24. The van der Waals surface area contributed by atoms with Crippen molar-refractivity contribution in [1.82, 2.24) is 24.8 Å². The smallest absolute Gasteiger partial charge is 0.264 e. The number of piperidine rings is 1. The molecule has 2 aromatic heterocycles. The summed E-state index contributed by atoms with van der Waals surface area (Å²) in [5.41, 5.74) is 1.41. The lowest BCUT2D eigenvalue weighted by Gasteiger charge is -2.32. The lowest BCUT2D eigenvalue weighted by molar-refractivity contribution is 0.0684. The van der Waals surface area contributed by atoms with Crippen LogP contribution in [-0.4, -0.2) is 50.9 Å². The Morgan fingerprint density at radius 2 is 2.15 bits per heavy atom. The van der Waals surface area contributed by atoms with E-state index in [0.717, 1.165) is 42.9 Å². The SMILES string of the molecule is CCCc1nnsc1C(=O)NCC1CCN(C(=O)c2cccnc2)CC1. The van der Waals surface area contributed by atoms with Crippen LogP contribution in [0, 0.1) is 5.92 Å². The summed E-state index contributed by atoms with van der Waals surface area (Å²) >= 11 is 1.15. The maximum absolute atomic E-state index is 12.4. The second kappa shape index (κ2) is 8.84. The van der Waals surface area contributed by atoms with E-state index in [4.69, 9.17) is 0 Å². The number of carbonyl (C=O) groups excluding carboxylic acids is 2. The molecule has 1 aliphatic rings. The van der Waals surface area contributed by atoms with Gasteiger partial charge in [-0.25, -0.2) is 0 Å². The van der Waals surface area contributed by atoms with Gasteiger partial charge in [0.1, 0.15) is 4.88 Å². The Bertz CT molecular complexity index is 741. The van der Waals surface area contributed by atoms with Crippen LogP contribution in [0.15, 0.2) is 24.5 Å². The van der Waals surface area contributed by atoms with Crippen LogP contribution in [0.3, 0.4) is 0 Å². The second-order valence-electron chi connectivity index (χ2n) is 6.49. The van der Waals surface area contributed by atoms with Crippen molar-refractivity contribution < 1.29 is 9.59 Å². The minimum atomic E-state index is -0.0858. The third-order valence-corrected chi connectivity index (χ3v) is 5.38. The standard InChI is InChI=1S/C18H23N5O2S/c1-2-4-15-16(26-22-21-15)17(24)20-11-13-6-9-23(10-7-13)18(25)14-5-3-8-19-12-14/h3,5,8,12-13H,2,4,6-7,9-11H2,1H3,(H,20,24). The second-order valence-corrected chi connectivity index (χ2v) is 7.24. The Kier molecular flexibility index (Phi) is 6.27. The van der Waals surface area contributed by atoms with E-state index in [9.17, 15) is 9.59 Å². The van der Waals surface area contributed by atoms with Crippen molar-refractivity contribution in [2.24, 2.45) is 5.92 Å². The predicted molar refractivity (Wildman–Crippen MR) is 99.1 cm³/mol. The summed E-state index contributed by atoms with van der Waals surface area (Å²) in [7, 11) is 0. The first-order valence-corrected chi connectivity index (χ1v) is 9.75. The maximum Gasteiger partial charge on any atom is 0.264 e. The average molecular weight is 373 g/mol. The number of nitrogens with one attached hydrogen (secondary N) is 1. The van der Waals surface area contributed by atoms with E-state index in [1.54, 1.807) is 24.5 Å². The molecule has 1 fully saturated rings. The molecule has 1 N–H and O–H groups in total. The highest BCUT2D eigenvalue weighted by molar-refractivity contribution is 7.08. The van der Waals surface area contributed by atoms with E-state index in [1.165, 1.54) is 0 Å². The lowest BCUT2D eigenvalue weighted by atomic mass is 9.96. The first kappa shape index (κ1) is 18.4. The summed E-state index contributed by atoms with van der Waals surface area (Å²) in [4.78, 5) is 31.3. The Labute approximate surface area is 157 Å². The largest absolute Gasteiger partial charge is 0.351 e. The molecule has 7 nitrogen and oxygen atoms in total. The molecule has 0 unspecified atom stereocenters. The number of aryl methyl sites for hydroxylation is 1. The van der Waals surface area contributed by atoms with Crippen LogP contribution < -0.4 is 5.32 Å². The van der Waals surface area contributed by atoms with Gasteiger partial charge in [-0.05, 0) is 48.8 Å². The molecule has 0 aromatic carbocycles. The van der Waals surface area contributed by atoms with Gasteiger partial charge >= 0.3 is 0 Å². The normalized spacial score (nSPS) is 15.0. The predicted octanol–water partition coefficient (Wildman–Crippen LogP) is 2.17. The molecule has 0 radical (unpaired) electrons. The molecule has 0 atom stereocenters. The molecule has 0 saturated carbocycles. The summed E-state index contributed by atoms with van der Waals surface area (Å²) in [6.45, 7) is 4.09. The van der Waals surface area contributed by atoms with Crippen molar-refractivity contribution in [3.8, 4) is 0 Å². The lowest BCUT2D eigenvalue weighted by Crippen LogP contribution is -2.41. The molecular formula is C18H23N5O2S.